The van der Waals surface area contributed by atoms with Crippen molar-refractivity contribution in [2.24, 2.45) is 0 Å². The van der Waals surface area contributed by atoms with Crippen molar-refractivity contribution in [1.29, 1.82) is 0 Å². The van der Waals surface area contributed by atoms with E-state index in [-0.39, 0.29) is 24.2 Å². The van der Waals surface area contributed by atoms with Crippen LogP contribution in [0.15, 0.2) is 53.1 Å². The largest absolute Gasteiger partial charge is 0.493 e. The van der Waals surface area contributed by atoms with Crippen LogP contribution in [0.5, 0.6) is 11.5 Å². The summed E-state index contributed by atoms with van der Waals surface area (Å²) in [5, 5.41) is 0. The van der Waals surface area contributed by atoms with Crippen LogP contribution in [-0.2, 0) is 11.2 Å². The number of carbonyl (C=O) groups is 1. The zero-order valence-corrected chi connectivity index (χ0v) is 18.3. The number of nitrogens with zero attached hydrogens (tertiary/aromatic N) is 2. The Labute approximate surface area is 187 Å². The number of piperidine rings is 1. The third-order valence-electron chi connectivity index (χ3n) is 5.66. The minimum absolute atomic E-state index is 0.0450. The summed E-state index contributed by atoms with van der Waals surface area (Å²) in [6.45, 7) is 3.16. The fraction of sp³-hybridized carbons (Fsp3) is 0.360. The highest BCUT2D eigenvalue weighted by Gasteiger charge is 2.28. The van der Waals surface area contributed by atoms with Gasteiger partial charge in [0, 0.05) is 19.5 Å². The van der Waals surface area contributed by atoms with Gasteiger partial charge in [-0.15, -0.1) is 0 Å². The van der Waals surface area contributed by atoms with Crippen LogP contribution in [0.4, 0.5) is 4.39 Å². The molecule has 0 aliphatic carbocycles. The van der Waals surface area contributed by atoms with Gasteiger partial charge in [-0.05, 0) is 55.2 Å². The maximum atomic E-state index is 13.1. The van der Waals surface area contributed by atoms with Gasteiger partial charge in [0.05, 0.1) is 19.2 Å². The quantitative estimate of drug-likeness (QED) is 0.543. The Kier molecular flexibility index (Phi) is 6.73. The van der Waals surface area contributed by atoms with Crippen LogP contribution < -0.4 is 9.47 Å². The second kappa shape index (κ2) is 9.85. The number of amides is 1. The number of halogens is 1. The lowest BCUT2D eigenvalue weighted by molar-refractivity contribution is -0.134. The summed E-state index contributed by atoms with van der Waals surface area (Å²) in [5.41, 5.74) is 2.02. The third-order valence-corrected chi connectivity index (χ3v) is 5.66. The van der Waals surface area contributed by atoms with Gasteiger partial charge in [0.1, 0.15) is 11.6 Å². The number of aryl methyl sites for hydroxylation is 1. The van der Waals surface area contributed by atoms with Crippen molar-refractivity contribution in [3.05, 3.63) is 77.3 Å². The van der Waals surface area contributed by atoms with E-state index in [0.717, 1.165) is 29.7 Å². The molecule has 1 aliphatic heterocycles. The molecule has 0 saturated carbocycles. The minimum Gasteiger partial charge on any atom is -0.493 e. The number of methoxy groups -OCH3 is 1. The van der Waals surface area contributed by atoms with Crippen molar-refractivity contribution >= 4 is 5.91 Å². The Hall–Kier alpha value is -3.35. The molecule has 1 amide bonds. The van der Waals surface area contributed by atoms with Crippen LogP contribution in [0.2, 0.25) is 0 Å². The molecule has 1 fully saturated rings. The Morgan fingerprint density at radius 2 is 2.03 bits per heavy atom. The molecule has 1 atom stereocenters. The standard InChI is InChI=1S/C25H27FN2O4/c1-17-5-10-22(23(12-17)30-2)31-16-24(29)28-11-3-4-19(15-28)25-27-14-21(32-25)13-18-6-8-20(26)9-7-18/h5-10,12,14,19H,3-4,11,13,15-16H2,1-2H3/t19-/m0/s1. The highest BCUT2D eigenvalue weighted by molar-refractivity contribution is 5.78. The molecule has 7 heteroatoms. The van der Waals surface area contributed by atoms with E-state index in [1.54, 1.807) is 30.3 Å². The van der Waals surface area contributed by atoms with Crippen molar-refractivity contribution < 1.29 is 23.1 Å². The molecule has 168 valence electrons. The first-order valence-electron chi connectivity index (χ1n) is 10.8. The summed E-state index contributed by atoms with van der Waals surface area (Å²) in [5.74, 6) is 2.24. The number of hydrogen-bond donors (Lipinski definition) is 0. The first kappa shape index (κ1) is 21.9. The first-order chi connectivity index (χ1) is 15.5. The lowest BCUT2D eigenvalue weighted by Crippen LogP contribution is -2.41. The lowest BCUT2D eigenvalue weighted by atomic mass is 9.98. The van der Waals surface area contributed by atoms with Gasteiger partial charge in [-0.2, -0.15) is 0 Å². The van der Waals surface area contributed by atoms with E-state index in [1.807, 2.05) is 25.1 Å². The van der Waals surface area contributed by atoms with Gasteiger partial charge < -0.3 is 18.8 Å². The molecule has 1 aliphatic rings. The molecular formula is C25H27FN2O4. The Morgan fingerprint density at radius 1 is 1.22 bits per heavy atom. The molecule has 3 aromatic rings. The van der Waals surface area contributed by atoms with Crippen molar-refractivity contribution in [1.82, 2.24) is 9.88 Å². The van der Waals surface area contributed by atoms with Crippen LogP contribution in [-0.4, -0.2) is 42.6 Å². The third kappa shape index (κ3) is 5.28. The molecule has 6 nitrogen and oxygen atoms in total. The number of aromatic nitrogens is 1. The number of carbonyl (C=O) groups excluding carboxylic acids is 1. The van der Waals surface area contributed by atoms with E-state index in [9.17, 15) is 9.18 Å². The predicted molar refractivity (Wildman–Crippen MR) is 117 cm³/mol. The van der Waals surface area contributed by atoms with Crippen LogP contribution in [0.1, 0.15) is 41.5 Å². The highest BCUT2D eigenvalue weighted by Crippen LogP contribution is 2.29. The normalized spacial score (nSPS) is 16.1. The molecule has 0 N–H and O–H groups in total. The second-order valence-electron chi connectivity index (χ2n) is 8.09. The average molecular weight is 438 g/mol. The van der Waals surface area contributed by atoms with E-state index in [2.05, 4.69) is 4.98 Å². The molecular weight excluding hydrogens is 411 g/mol. The fourth-order valence-corrected chi connectivity index (χ4v) is 3.93. The number of benzene rings is 2. The van der Waals surface area contributed by atoms with Gasteiger partial charge in [0.2, 0.25) is 0 Å². The molecule has 2 heterocycles. The van der Waals surface area contributed by atoms with Crippen LogP contribution in [0.25, 0.3) is 0 Å². The van der Waals surface area contributed by atoms with Crippen molar-refractivity contribution in [3.8, 4) is 11.5 Å². The monoisotopic (exact) mass is 438 g/mol. The summed E-state index contributed by atoms with van der Waals surface area (Å²) in [4.78, 5) is 19.0. The number of ether oxygens (including phenoxy) is 2. The van der Waals surface area contributed by atoms with Gasteiger partial charge in [-0.25, -0.2) is 9.37 Å². The molecule has 2 aromatic carbocycles. The number of likely N-dealkylation sites (tertiary alicyclic amines) is 1. The van der Waals surface area contributed by atoms with E-state index in [4.69, 9.17) is 13.9 Å². The van der Waals surface area contributed by atoms with Crippen molar-refractivity contribution in [2.45, 2.75) is 32.1 Å². The van der Waals surface area contributed by atoms with Gasteiger partial charge in [-0.1, -0.05) is 18.2 Å². The zero-order valence-electron chi connectivity index (χ0n) is 18.3. The summed E-state index contributed by atoms with van der Waals surface area (Å²) in [6.07, 6.45) is 4.05. The second-order valence-corrected chi connectivity index (χ2v) is 8.09. The van der Waals surface area contributed by atoms with Gasteiger partial charge >= 0.3 is 0 Å². The molecule has 1 saturated heterocycles. The molecule has 0 spiro atoms. The average Bonchev–Trinajstić information content (AvgIpc) is 3.28. The van der Waals surface area contributed by atoms with E-state index in [1.165, 1.54) is 12.1 Å². The number of rotatable bonds is 7. The van der Waals surface area contributed by atoms with Crippen LogP contribution >= 0.6 is 0 Å². The van der Waals surface area contributed by atoms with Gasteiger partial charge in [-0.3, -0.25) is 4.79 Å². The van der Waals surface area contributed by atoms with E-state index in [0.29, 0.717) is 36.9 Å². The molecule has 0 unspecified atom stereocenters. The highest BCUT2D eigenvalue weighted by atomic mass is 19.1. The maximum Gasteiger partial charge on any atom is 0.260 e. The number of oxazole rings is 1. The predicted octanol–water partition coefficient (Wildman–Crippen LogP) is 4.51. The lowest BCUT2D eigenvalue weighted by Gasteiger charge is -2.31. The summed E-state index contributed by atoms with van der Waals surface area (Å²) < 4.78 is 30.1. The summed E-state index contributed by atoms with van der Waals surface area (Å²) in [7, 11) is 1.58. The SMILES string of the molecule is COc1cc(C)ccc1OCC(=O)N1CCC[C@H](c2ncc(Cc3ccc(F)cc3)o2)C1. The van der Waals surface area contributed by atoms with Gasteiger partial charge in [0.15, 0.2) is 24.0 Å². The molecule has 0 bridgehead atoms. The van der Waals surface area contributed by atoms with Crippen LogP contribution in [0, 0.1) is 12.7 Å². The maximum absolute atomic E-state index is 13.1. The van der Waals surface area contributed by atoms with Crippen molar-refractivity contribution in [3.63, 3.8) is 0 Å². The molecule has 1 aromatic heterocycles. The fourth-order valence-electron chi connectivity index (χ4n) is 3.93. The Morgan fingerprint density at radius 3 is 2.81 bits per heavy atom. The molecule has 4 rings (SSSR count). The van der Waals surface area contributed by atoms with E-state index >= 15 is 0 Å². The number of hydrogen-bond acceptors (Lipinski definition) is 5. The Balaban J connectivity index is 1.34. The topological polar surface area (TPSA) is 64.8 Å². The van der Waals surface area contributed by atoms with Gasteiger partial charge in [0.25, 0.3) is 5.91 Å². The summed E-state index contributed by atoms with van der Waals surface area (Å²) in [6, 6.07) is 12.0. The first-order valence-corrected chi connectivity index (χ1v) is 10.8. The zero-order chi connectivity index (χ0) is 22.5. The van der Waals surface area contributed by atoms with Crippen LogP contribution in [0.3, 0.4) is 0 Å². The smallest absolute Gasteiger partial charge is 0.260 e. The van der Waals surface area contributed by atoms with E-state index < -0.39 is 0 Å². The Bertz CT molecular complexity index is 1060. The van der Waals surface area contributed by atoms with Crippen molar-refractivity contribution in [2.75, 3.05) is 26.8 Å². The summed E-state index contributed by atoms with van der Waals surface area (Å²) >= 11 is 0. The molecule has 32 heavy (non-hydrogen) atoms. The molecule has 0 radical (unpaired) electrons. The minimum atomic E-state index is -0.260.